The van der Waals surface area contributed by atoms with Gasteiger partial charge in [0, 0.05) is 25.4 Å². The van der Waals surface area contributed by atoms with Crippen molar-refractivity contribution in [2.24, 2.45) is 0 Å². The van der Waals surface area contributed by atoms with Crippen molar-refractivity contribution in [1.29, 1.82) is 0 Å². The van der Waals surface area contributed by atoms with Crippen molar-refractivity contribution in [3.63, 3.8) is 0 Å². The van der Waals surface area contributed by atoms with E-state index in [1.807, 2.05) is 36.1 Å². The summed E-state index contributed by atoms with van der Waals surface area (Å²) < 4.78 is 3.00. The third kappa shape index (κ3) is 3.20. The van der Waals surface area contributed by atoms with Gasteiger partial charge in [0.2, 0.25) is 5.95 Å². The van der Waals surface area contributed by atoms with Gasteiger partial charge in [-0.15, -0.1) is 12.6 Å². The first-order valence-electron chi connectivity index (χ1n) is 10.2. The molecule has 1 aromatic carbocycles. The van der Waals surface area contributed by atoms with Crippen LogP contribution in [0.5, 0.6) is 0 Å². The molecular formula is C22H20ClN7O2S. The second-order valence-electron chi connectivity index (χ2n) is 7.95. The van der Waals surface area contributed by atoms with Gasteiger partial charge in [-0.05, 0) is 31.5 Å². The molecule has 3 aromatic heterocycles. The van der Waals surface area contributed by atoms with E-state index in [-0.39, 0.29) is 22.8 Å². The lowest BCUT2D eigenvalue weighted by Gasteiger charge is -2.50. The van der Waals surface area contributed by atoms with Gasteiger partial charge in [0.25, 0.3) is 5.56 Å². The number of rotatable bonds is 4. The lowest BCUT2D eigenvalue weighted by Crippen LogP contribution is -2.57. The maximum Gasteiger partial charge on any atom is 0.284 e. The number of nitrogen functional groups attached to an aromatic ring is 1. The summed E-state index contributed by atoms with van der Waals surface area (Å²) >= 11 is 11.3. The molecule has 9 nitrogen and oxygen atoms in total. The Kier molecular flexibility index (Phi) is 4.95. The number of halogens is 1. The van der Waals surface area contributed by atoms with Crippen LogP contribution in [0, 0.1) is 6.92 Å². The number of fused-ring (bicyclic) bond motifs is 1. The van der Waals surface area contributed by atoms with E-state index in [1.54, 1.807) is 12.3 Å². The summed E-state index contributed by atoms with van der Waals surface area (Å²) in [5, 5.41) is 5.07. The fourth-order valence-corrected chi connectivity index (χ4v) is 4.78. The minimum Gasteiger partial charge on any atom is -0.368 e. The van der Waals surface area contributed by atoms with E-state index in [1.165, 1.54) is 22.2 Å². The van der Waals surface area contributed by atoms with E-state index in [4.69, 9.17) is 35.1 Å². The number of nitrogens with two attached hydrogens (primary N) is 1. The number of carbonyl (C=O) groups is 1. The summed E-state index contributed by atoms with van der Waals surface area (Å²) in [6.45, 7) is 3.89. The number of anilines is 2. The average Bonchev–Trinajstić information content (AvgIpc) is 3.14. The average molecular weight is 482 g/mol. The molecular weight excluding hydrogens is 462 g/mol. The predicted molar refractivity (Wildman–Crippen MR) is 130 cm³/mol. The van der Waals surface area contributed by atoms with Gasteiger partial charge in [0.15, 0.2) is 11.6 Å². The van der Waals surface area contributed by atoms with Crippen molar-refractivity contribution in [2.75, 3.05) is 17.2 Å². The number of carbonyl (C=O) groups excluding carboxylic acids is 1. The summed E-state index contributed by atoms with van der Waals surface area (Å²) in [6.07, 6.45) is 3.59. The molecule has 0 spiro atoms. The molecule has 33 heavy (non-hydrogen) atoms. The number of hydrogen-bond acceptors (Lipinski definition) is 8. The van der Waals surface area contributed by atoms with Crippen LogP contribution in [0.4, 0.5) is 11.8 Å². The predicted octanol–water partition coefficient (Wildman–Crippen LogP) is 3.01. The number of nitrogens with zero attached hydrogens (tertiary/aromatic N) is 6. The molecule has 2 N–H and O–H groups in total. The number of para-hydroxylation sites is 1. The largest absolute Gasteiger partial charge is 0.368 e. The third-order valence-corrected chi connectivity index (χ3v) is 6.87. The zero-order valence-electron chi connectivity index (χ0n) is 17.9. The minimum absolute atomic E-state index is 0.0366. The lowest BCUT2D eigenvalue weighted by atomic mass is 9.98. The second kappa shape index (κ2) is 7.60. The van der Waals surface area contributed by atoms with Crippen LogP contribution < -0.4 is 16.2 Å². The van der Waals surface area contributed by atoms with Crippen molar-refractivity contribution < 1.29 is 4.79 Å². The van der Waals surface area contributed by atoms with Crippen molar-refractivity contribution in [1.82, 2.24) is 24.1 Å². The van der Waals surface area contributed by atoms with Gasteiger partial charge in [0.05, 0.1) is 16.3 Å². The molecule has 0 aliphatic carbocycles. The summed E-state index contributed by atoms with van der Waals surface area (Å²) in [6, 6.07) is 9.14. The molecule has 11 heteroatoms. The van der Waals surface area contributed by atoms with E-state index in [0.717, 1.165) is 5.56 Å². The van der Waals surface area contributed by atoms with Crippen molar-refractivity contribution in [2.45, 2.75) is 25.1 Å². The van der Waals surface area contributed by atoms with Gasteiger partial charge in [0.1, 0.15) is 16.2 Å². The molecule has 1 unspecified atom stereocenters. The molecule has 4 heterocycles. The Bertz CT molecular complexity index is 1500. The summed E-state index contributed by atoms with van der Waals surface area (Å²) in [7, 11) is 0. The van der Waals surface area contributed by atoms with Crippen LogP contribution >= 0.6 is 24.2 Å². The molecule has 0 bridgehead atoms. The molecule has 0 radical (unpaired) electrons. The first-order valence-corrected chi connectivity index (χ1v) is 11.0. The van der Waals surface area contributed by atoms with Crippen LogP contribution in [0.1, 0.15) is 35.1 Å². The van der Waals surface area contributed by atoms with E-state index >= 15 is 0 Å². The summed E-state index contributed by atoms with van der Waals surface area (Å²) in [5.41, 5.74) is 7.65. The van der Waals surface area contributed by atoms with Crippen LogP contribution in [0.15, 0.2) is 47.5 Å². The fourth-order valence-electron chi connectivity index (χ4n) is 4.12. The van der Waals surface area contributed by atoms with E-state index < -0.39 is 4.87 Å². The van der Waals surface area contributed by atoms with Crippen LogP contribution in [0.2, 0.25) is 5.02 Å². The Labute approximate surface area is 199 Å². The number of hydrogen-bond donors (Lipinski definition) is 2. The monoisotopic (exact) mass is 481 g/mol. The highest BCUT2D eigenvalue weighted by atomic mass is 35.5. The molecule has 0 saturated carbocycles. The maximum atomic E-state index is 13.7. The molecule has 4 aromatic rings. The van der Waals surface area contributed by atoms with E-state index in [9.17, 15) is 9.59 Å². The number of aromatic nitrogens is 5. The van der Waals surface area contributed by atoms with Gasteiger partial charge >= 0.3 is 0 Å². The van der Waals surface area contributed by atoms with Crippen LogP contribution in [-0.2, 0) is 4.87 Å². The van der Waals surface area contributed by atoms with Gasteiger partial charge in [-0.1, -0.05) is 29.8 Å². The molecule has 5 rings (SSSR count). The zero-order valence-corrected chi connectivity index (χ0v) is 19.5. The highest BCUT2D eigenvalue weighted by Crippen LogP contribution is 2.46. The molecule has 0 amide bonds. The van der Waals surface area contributed by atoms with Crippen molar-refractivity contribution in [3.8, 4) is 5.69 Å². The Morgan fingerprint density at radius 2 is 2.03 bits per heavy atom. The zero-order chi connectivity index (χ0) is 23.5. The molecule has 1 aliphatic rings. The maximum absolute atomic E-state index is 13.7. The lowest BCUT2D eigenvalue weighted by molar-refractivity contribution is 0.101. The van der Waals surface area contributed by atoms with Gasteiger partial charge in [-0.25, -0.2) is 9.50 Å². The molecule has 1 fully saturated rings. The highest BCUT2D eigenvalue weighted by molar-refractivity contribution is 7.81. The number of thiol groups is 1. The first-order chi connectivity index (χ1) is 15.7. The molecule has 168 valence electrons. The quantitative estimate of drug-likeness (QED) is 0.340. The van der Waals surface area contributed by atoms with Crippen LogP contribution in [0.25, 0.3) is 11.2 Å². The van der Waals surface area contributed by atoms with Crippen LogP contribution in [0.3, 0.4) is 0 Å². The van der Waals surface area contributed by atoms with Gasteiger partial charge in [-0.3, -0.25) is 14.2 Å². The number of benzene rings is 1. The Morgan fingerprint density at radius 1 is 1.27 bits per heavy atom. The number of Topliss-reactive ketones (excluding diaryl/α,β-unsaturated/α-hetero) is 1. The molecule has 1 atom stereocenters. The molecule has 1 aliphatic heterocycles. The Morgan fingerprint density at radius 3 is 2.70 bits per heavy atom. The highest BCUT2D eigenvalue weighted by Gasteiger charge is 2.49. The van der Waals surface area contributed by atoms with Gasteiger partial charge < -0.3 is 10.6 Å². The Hall–Kier alpha value is -3.37. The normalized spacial score (nSPS) is 17.9. The summed E-state index contributed by atoms with van der Waals surface area (Å²) in [5.74, 6) is 0.564. The topological polar surface area (TPSA) is 111 Å². The van der Waals surface area contributed by atoms with Crippen molar-refractivity contribution >= 4 is 47.3 Å². The number of ketones is 1. The SMILES string of the molecule is CC(=O)c1cnc(N)nc1N1CCC1(S)c1nn2ccc(Cl)c2c(=O)n1-c1ccccc1C. The Balaban J connectivity index is 1.80. The molecule has 1 saturated heterocycles. The third-order valence-electron chi connectivity index (χ3n) is 5.90. The minimum atomic E-state index is -1.04. The second-order valence-corrected chi connectivity index (χ2v) is 9.09. The van der Waals surface area contributed by atoms with Crippen LogP contribution in [-0.4, -0.2) is 36.5 Å². The van der Waals surface area contributed by atoms with E-state index in [2.05, 4.69) is 9.97 Å². The van der Waals surface area contributed by atoms with Gasteiger partial charge in [-0.2, -0.15) is 10.1 Å². The first kappa shape index (κ1) is 21.5. The number of aryl methyl sites for hydroxylation is 1. The van der Waals surface area contributed by atoms with Crippen molar-refractivity contribution in [3.05, 3.63) is 75.1 Å². The van der Waals surface area contributed by atoms with E-state index in [0.29, 0.717) is 40.9 Å². The summed E-state index contributed by atoms with van der Waals surface area (Å²) in [4.78, 5) is 35.0. The standard InChI is InChI=1S/C22H20ClN7O2S/c1-12-5-3-4-6-16(12)30-19(32)17-15(23)7-9-29(17)27-20(30)22(33)8-10-28(22)18-14(13(2)31)11-25-21(24)26-18/h3-7,9,11,33H,8,10H2,1-2H3,(H2,24,25,26). The smallest absolute Gasteiger partial charge is 0.284 e. The fraction of sp³-hybridized carbons (Fsp3) is 0.227.